The Morgan fingerprint density at radius 2 is 1.76 bits per heavy atom. The van der Waals surface area contributed by atoms with Crippen LogP contribution in [0.25, 0.3) is 0 Å². The van der Waals surface area contributed by atoms with Crippen molar-refractivity contribution in [3.8, 4) is 0 Å². The van der Waals surface area contributed by atoms with Crippen molar-refractivity contribution in [1.29, 1.82) is 0 Å². The monoisotopic (exact) mass is 476 g/mol. The van der Waals surface area contributed by atoms with Gasteiger partial charge in [0.15, 0.2) is 14.6 Å². The quantitative estimate of drug-likeness (QED) is 0.107. The van der Waals surface area contributed by atoms with Gasteiger partial charge in [0.25, 0.3) is 0 Å². The van der Waals surface area contributed by atoms with E-state index in [1.807, 2.05) is 13.8 Å². The van der Waals surface area contributed by atoms with Crippen molar-refractivity contribution in [2.24, 2.45) is 11.8 Å². The van der Waals surface area contributed by atoms with Gasteiger partial charge >= 0.3 is 0 Å². The van der Waals surface area contributed by atoms with Crippen LogP contribution in [0.5, 0.6) is 0 Å². The second-order valence-electron chi connectivity index (χ2n) is 10.3. The molecule has 0 saturated carbocycles. The van der Waals surface area contributed by atoms with E-state index >= 15 is 0 Å². The highest BCUT2D eigenvalue weighted by molar-refractivity contribution is 6.74. The topological polar surface area (TPSA) is 44.8 Å². The number of carbonyl (C=O) groups is 1. The van der Waals surface area contributed by atoms with Gasteiger partial charge in [-0.15, -0.1) is 0 Å². The summed E-state index contributed by atoms with van der Waals surface area (Å²) >= 11 is 0. The maximum absolute atomic E-state index is 11.4. The summed E-state index contributed by atoms with van der Waals surface area (Å²) < 4.78 is 18.3. The minimum atomic E-state index is -1.92. The number of aldehydes is 1. The van der Waals surface area contributed by atoms with Crippen LogP contribution in [0.15, 0.2) is 48.6 Å². The average Bonchev–Trinajstić information content (AvgIpc) is 3.09. The molecule has 0 aromatic rings. The van der Waals surface area contributed by atoms with Crippen molar-refractivity contribution in [1.82, 2.24) is 0 Å². The number of allylic oxidation sites excluding steroid dienone is 5. The molecule has 0 aromatic heterocycles. The lowest BCUT2D eigenvalue weighted by atomic mass is 9.90. The average molecular weight is 477 g/mol. The molecule has 1 aliphatic carbocycles. The van der Waals surface area contributed by atoms with Gasteiger partial charge in [-0.1, -0.05) is 76.3 Å². The van der Waals surface area contributed by atoms with E-state index in [4.69, 9.17) is 13.9 Å². The van der Waals surface area contributed by atoms with Crippen LogP contribution in [0.2, 0.25) is 18.1 Å². The molecule has 0 fully saturated rings. The number of ether oxygens (including phenoxy) is 2. The summed E-state index contributed by atoms with van der Waals surface area (Å²) in [6.07, 6.45) is 21.4. The highest BCUT2D eigenvalue weighted by Gasteiger charge is 2.39. The molecule has 0 aliphatic heterocycles. The van der Waals surface area contributed by atoms with Crippen molar-refractivity contribution in [2.75, 3.05) is 6.61 Å². The summed E-state index contributed by atoms with van der Waals surface area (Å²) in [4.78, 5) is 11.4. The fraction of sp³-hybridized carbons (Fsp3) is 0.679. The third kappa shape index (κ3) is 10.7. The van der Waals surface area contributed by atoms with Gasteiger partial charge in [0, 0.05) is 24.9 Å². The van der Waals surface area contributed by atoms with Crippen LogP contribution >= 0.6 is 0 Å². The van der Waals surface area contributed by atoms with Gasteiger partial charge in [-0.2, -0.15) is 0 Å². The Labute approximate surface area is 204 Å². The Morgan fingerprint density at radius 3 is 2.36 bits per heavy atom. The van der Waals surface area contributed by atoms with E-state index in [1.54, 1.807) is 0 Å². The first-order valence-electron chi connectivity index (χ1n) is 12.6. The predicted molar refractivity (Wildman–Crippen MR) is 142 cm³/mol. The zero-order chi connectivity index (χ0) is 24.9. The molecule has 0 spiro atoms. The minimum absolute atomic E-state index is 0.0184. The van der Waals surface area contributed by atoms with Gasteiger partial charge in [0.1, 0.15) is 6.29 Å². The zero-order valence-corrected chi connectivity index (χ0v) is 23.3. The molecule has 1 aliphatic rings. The van der Waals surface area contributed by atoms with E-state index in [9.17, 15) is 4.79 Å². The predicted octanol–water partition coefficient (Wildman–Crippen LogP) is 7.39. The SMILES string of the molecule is CC/C=C\C/C=C\C[C@@H](/C=C/[C@H]1C=C[C@@H](OC(C)OCC)[C@H]1CC=O)O[Si](C)(C)C(C)(C)C. The van der Waals surface area contributed by atoms with Crippen molar-refractivity contribution >= 4 is 14.6 Å². The Kier molecular flexibility index (Phi) is 13.4. The molecule has 1 rings (SSSR count). The Hall–Kier alpha value is -1.27. The molecule has 188 valence electrons. The van der Waals surface area contributed by atoms with E-state index < -0.39 is 8.32 Å². The highest BCUT2D eigenvalue weighted by Crippen LogP contribution is 2.38. The van der Waals surface area contributed by atoms with Gasteiger partial charge in [-0.05, 0) is 51.2 Å². The number of rotatable bonds is 15. The smallest absolute Gasteiger partial charge is 0.192 e. The molecule has 0 saturated heterocycles. The Bertz CT molecular complexity index is 672. The van der Waals surface area contributed by atoms with Gasteiger partial charge in [0.2, 0.25) is 0 Å². The largest absolute Gasteiger partial charge is 0.410 e. The minimum Gasteiger partial charge on any atom is -0.410 e. The molecule has 5 heteroatoms. The van der Waals surface area contributed by atoms with E-state index in [-0.39, 0.29) is 35.4 Å². The van der Waals surface area contributed by atoms with Crippen LogP contribution in [0.4, 0.5) is 0 Å². The lowest BCUT2D eigenvalue weighted by Gasteiger charge is -2.38. The van der Waals surface area contributed by atoms with Crippen LogP contribution in [0.3, 0.4) is 0 Å². The van der Waals surface area contributed by atoms with E-state index in [0.717, 1.165) is 25.5 Å². The molecule has 33 heavy (non-hydrogen) atoms. The van der Waals surface area contributed by atoms with Crippen molar-refractivity contribution in [3.05, 3.63) is 48.6 Å². The lowest BCUT2D eigenvalue weighted by Crippen LogP contribution is -2.43. The standard InChI is InChI=1S/C28H48O4Si/c1-9-11-12-13-14-15-16-25(32-33(7,8)28(4,5)6)19-17-24-18-20-27(26(24)21-22-29)31-23(3)30-10-2/h11-12,14-15,17-20,22-27H,9-10,13,16,21H2,1-8H3/b12-11-,15-14-,19-17+/t23?,24-,25-,26-,27+/m0/s1. The van der Waals surface area contributed by atoms with Gasteiger partial charge < -0.3 is 18.7 Å². The lowest BCUT2D eigenvalue weighted by molar-refractivity contribution is -0.157. The van der Waals surface area contributed by atoms with E-state index in [1.165, 1.54) is 0 Å². The summed E-state index contributed by atoms with van der Waals surface area (Å²) in [5.74, 6) is 0.237. The maximum Gasteiger partial charge on any atom is 0.192 e. The molecular formula is C28H48O4Si. The fourth-order valence-corrected chi connectivity index (χ4v) is 4.92. The van der Waals surface area contributed by atoms with Crippen molar-refractivity contribution < 1.29 is 18.7 Å². The van der Waals surface area contributed by atoms with Crippen LogP contribution in [0.1, 0.15) is 67.2 Å². The molecule has 0 bridgehead atoms. The second kappa shape index (κ2) is 14.9. The molecule has 0 amide bonds. The molecule has 1 unspecified atom stereocenters. The molecule has 0 radical (unpaired) electrons. The molecule has 0 N–H and O–H groups in total. The number of hydrogen-bond acceptors (Lipinski definition) is 4. The van der Waals surface area contributed by atoms with E-state index in [0.29, 0.717) is 13.0 Å². The first-order chi connectivity index (χ1) is 15.6. The molecule has 0 aromatic carbocycles. The van der Waals surface area contributed by atoms with E-state index in [2.05, 4.69) is 89.4 Å². The van der Waals surface area contributed by atoms with Crippen molar-refractivity contribution in [2.45, 2.75) is 104 Å². The van der Waals surface area contributed by atoms with Gasteiger partial charge in [0.05, 0.1) is 12.2 Å². The van der Waals surface area contributed by atoms with Gasteiger partial charge in [-0.3, -0.25) is 0 Å². The molecule has 5 atom stereocenters. The van der Waals surface area contributed by atoms with Crippen molar-refractivity contribution in [3.63, 3.8) is 0 Å². The number of hydrogen-bond donors (Lipinski definition) is 0. The Morgan fingerprint density at radius 1 is 1.06 bits per heavy atom. The third-order valence-electron chi connectivity index (χ3n) is 6.57. The first-order valence-corrected chi connectivity index (χ1v) is 15.5. The zero-order valence-electron chi connectivity index (χ0n) is 22.3. The maximum atomic E-state index is 11.4. The van der Waals surface area contributed by atoms with Crippen LogP contribution < -0.4 is 0 Å². The first kappa shape index (κ1) is 29.8. The Balaban J connectivity index is 2.94. The molecule has 0 heterocycles. The second-order valence-corrected chi connectivity index (χ2v) is 15.0. The van der Waals surface area contributed by atoms with Crippen LogP contribution in [-0.4, -0.2) is 39.7 Å². The summed E-state index contributed by atoms with van der Waals surface area (Å²) in [7, 11) is -1.92. The fourth-order valence-electron chi connectivity index (χ4n) is 3.63. The summed E-state index contributed by atoms with van der Waals surface area (Å²) in [5.41, 5.74) is 0. The third-order valence-corrected chi connectivity index (χ3v) is 11.1. The summed E-state index contributed by atoms with van der Waals surface area (Å²) in [5, 5.41) is 0.147. The molecule has 4 nitrogen and oxygen atoms in total. The molecular weight excluding hydrogens is 428 g/mol. The summed E-state index contributed by atoms with van der Waals surface area (Å²) in [6.45, 7) is 18.0. The highest BCUT2D eigenvalue weighted by atomic mass is 28.4. The van der Waals surface area contributed by atoms with Crippen LogP contribution in [-0.2, 0) is 18.7 Å². The normalized spacial score (nSPS) is 23.8. The summed E-state index contributed by atoms with van der Waals surface area (Å²) in [6, 6.07) is 0. The number of carbonyl (C=O) groups excluding carboxylic acids is 1. The van der Waals surface area contributed by atoms with Gasteiger partial charge in [-0.25, -0.2) is 0 Å². The van der Waals surface area contributed by atoms with Crippen LogP contribution in [0, 0.1) is 11.8 Å².